The van der Waals surface area contributed by atoms with Gasteiger partial charge in [-0.2, -0.15) is 5.26 Å². The monoisotopic (exact) mass is 863 g/mol. The van der Waals surface area contributed by atoms with Crippen LogP contribution in [0, 0.1) is 11.3 Å². The van der Waals surface area contributed by atoms with Crippen LogP contribution in [0.4, 0.5) is 0 Å². The Hall–Kier alpha value is -5.59. The van der Waals surface area contributed by atoms with Crippen molar-refractivity contribution < 1.29 is 28.1 Å². The molecule has 0 aliphatic rings. The summed E-state index contributed by atoms with van der Waals surface area (Å²) in [6, 6.07) is 48.0. The molecular weight excluding hydrogens is 806 g/mol. The van der Waals surface area contributed by atoms with Crippen LogP contribution in [-0.2, 0) is 30.6 Å². The molecule has 2 unspecified atom stereocenters. The van der Waals surface area contributed by atoms with Gasteiger partial charge in [-0.15, -0.1) is 0 Å². The van der Waals surface area contributed by atoms with E-state index >= 15 is 0 Å². The van der Waals surface area contributed by atoms with Gasteiger partial charge in [0.25, 0.3) is 8.53 Å². The molecule has 0 aliphatic carbocycles. The summed E-state index contributed by atoms with van der Waals surface area (Å²) in [7, 11) is 1.63. The quantitative estimate of drug-likeness (QED) is 0.0311. The molecule has 0 spiro atoms. The van der Waals surface area contributed by atoms with Gasteiger partial charge in [-0.25, -0.2) is 4.67 Å². The lowest BCUT2D eigenvalue weighted by Crippen LogP contribution is -2.42. The summed E-state index contributed by atoms with van der Waals surface area (Å²) >= 11 is 0. The Bertz CT molecular complexity index is 2520. The van der Waals surface area contributed by atoms with Gasteiger partial charge >= 0.3 is 0 Å². The molecule has 0 bridgehead atoms. The van der Waals surface area contributed by atoms with E-state index < -0.39 is 20.2 Å². The maximum atomic E-state index is 13.8. The lowest BCUT2D eigenvalue weighted by Gasteiger charge is -2.39. The Morgan fingerprint density at radius 1 is 0.714 bits per heavy atom. The number of carbonyl (C=O) groups excluding carboxylic acids is 1. The van der Waals surface area contributed by atoms with E-state index in [0.717, 1.165) is 34.6 Å². The van der Waals surface area contributed by atoms with E-state index in [-0.39, 0.29) is 44.2 Å². The Morgan fingerprint density at radius 3 is 1.87 bits per heavy atom. The molecule has 0 heterocycles. The van der Waals surface area contributed by atoms with Gasteiger partial charge in [-0.05, 0) is 119 Å². The summed E-state index contributed by atoms with van der Waals surface area (Å²) < 4.78 is 34.0. The minimum absolute atomic E-state index is 0.0692. The Labute approximate surface area is 373 Å². The second-order valence-electron chi connectivity index (χ2n) is 16.3. The van der Waals surface area contributed by atoms with Crippen molar-refractivity contribution >= 4 is 46.8 Å². The number of hydrogen-bond donors (Lipinski definition) is 1. The van der Waals surface area contributed by atoms with Crippen LogP contribution in [0.1, 0.15) is 69.2 Å². The molecule has 63 heavy (non-hydrogen) atoms. The molecule has 1 amide bonds. The summed E-state index contributed by atoms with van der Waals surface area (Å²) in [6.07, 6.45) is 1.38. The maximum absolute atomic E-state index is 13.8. The molecule has 7 aromatic carbocycles. The molecule has 10 heteroatoms. The van der Waals surface area contributed by atoms with Crippen LogP contribution in [0.2, 0.25) is 0 Å². The summed E-state index contributed by atoms with van der Waals surface area (Å²) in [5.41, 5.74) is 2.81. The number of ether oxygens (including phenoxy) is 3. The summed E-state index contributed by atoms with van der Waals surface area (Å²) in [5, 5.41) is 20.2. The topological polar surface area (TPSA) is 102 Å². The minimum atomic E-state index is -1.67. The van der Waals surface area contributed by atoms with E-state index in [9.17, 15) is 10.1 Å². The average Bonchev–Trinajstić information content (AvgIpc) is 3.30. The van der Waals surface area contributed by atoms with Gasteiger partial charge in [0.15, 0.2) is 0 Å². The van der Waals surface area contributed by atoms with E-state index in [0.29, 0.717) is 12.8 Å². The van der Waals surface area contributed by atoms with E-state index in [2.05, 4.69) is 110 Å². The highest BCUT2D eigenvalue weighted by molar-refractivity contribution is 7.44. The van der Waals surface area contributed by atoms with Gasteiger partial charge in [-0.3, -0.25) is 4.79 Å². The first-order valence-corrected chi connectivity index (χ1v) is 23.0. The van der Waals surface area contributed by atoms with Crippen molar-refractivity contribution in [3.05, 3.63) is 156 Å². The SMILES string of the molecule is COc1ccc(C(OCC(CNC(=O)CCCc2ccc3ccc4cccc5ccc2c3c45)OP(OCCC#N)N(C(C)C)C(C)C)(c2ccccc2)c2ccc(OC)cc2)cc1. The zero-order valence-electron chi connectivity index (χ0n) is 37.2. The molecule has 0 radical (unpaired) electrons. The van der Waals surface area contributed by atoms with Crippen molar-refractivity contribution in [1.29, 1.82) is 5.26 Å². The Kier molecular flexibility index (Phi) is 15.3. The zero-order valence-corrected chi connectivity index (χ0v) is 38.1. The van der Waals surface area contributed by atoms with Crippen LogP contribution in [0.3, 0.4) is 0 Å². The van der Waals surface area contributed by atoms with Crippen LogP contribution >= 0.6 is 8.53 Å². The number of nitrogens with one attached hydrogen (secondary N) is 1. The fourth-order valence-corrected chi connectivity index (χ4v) is 10.3. The number of nitriles is 1. The molecule has 1 N–H and O–H groups in total. The number of hydrogen-bond acceptors (Lipinski definition) is 8. The normalized spacial score (nSPS) is 13.0. The smallest absolute Gasteiger partial charge is 0.259 e. The van der Waals surface area contributed by atoms with E-state index in [1.807, 2.05) is 66.7 Å². The molecule has 0 aliphatic heterocycles. The number of benzene rings is 7. The molecule has 9 nitrogen and oxygen atoms in total. The lowest BCUT2D eigenvalue weighted by atomic mass is 9.80. The largest absolute Gasteiger partial charge is 0.497 e. The minimum Gasteiger partial charge on any atom is -0.497 e. The molecule has 0 saturated carbocycles. The summed E-state index contributed by atoms with van der Waals surface area (Å²) in [5.74, 6) is 1.38. The van der Waals surface area contributed by atoms with Crippen LogP contribution in [-0.4, -0.2) is 62.7 Å². The molecule has 0 aromatic heterocycles. The van der Waals surface area contributed by atoms with Gasteiger partial charge in [0.2, 0.25) is 5.91 Å². The van der Waals surface area contributed by atoms with Gasteiger partial charge < -0.3 is 28.6 Å². The first-order chi connectivity index (χ1) is 30.7. The lowest BCUT2D eigenvalue weighted by molar-refractivity contribution is -0.122. The Morgan fingerprint density at radius 2 is 1.29 bits per heavy atom. The Balaban J connectivity index is 1.17. The third-order valence-electron chi connectivity index (χ3n) is 11.6. The molecule has 2 atom stereocenters. The van der Waals surface area contributed by atoms with Crippen molar-refractivity contribution in [2.24, 2.45) is 0 Å². The third kappa shape index (κ3) is 10.3. The van der Waals surface area contributed by atoms with Crippen LogP contribution in [0.25, 0.3) is 32.3 Å². The highest BCUT2D eigenvalue weighted by atomic mass is 31.2. The maximum Gasteiger partial charge on any atom is 0.259 e. The standard InChI is InChI=1S/C53H58N3O6P/c1-37(2)56(38(3)4)63(61-34-12-33-54)62-48(35-55-50(57)18-11-13-39-19-20-42-22-21-40-14-10-15-41-23-32-49(39)52(42)51(40)41)36-60-53(43-16-8-7-9-17-43,44-24-28-46(58-5)29-25-44)45-26-30-47(59-6)31-27-45/h7-10,14-17,19-32,37-38,48H,11-13,18,34-36H2,1-6H3,(H,55,57). The van der Waals surface area contributed by atoms with E-state index in [1.165, 1.54) is 37.9 Å². The molecule has 7 rings (SSSR count). The molecule has 0 fully saturated rings. The third-order valence-corrected chi connectivity index (χ3v) is 13.7. The predicted octanol–water partition coefficient (Wildman–Crippen LogP) is 11.7. The second kappa shape index (κ2) is 21.2. The number of nitrogens with zero attached hydrogens (tertiary/aromatic N) is 2. The second-order valence-corrected chi connectivity index (χ2v) is 17.7. The van der Waals surface area contributed by atoms with E-state index in [4.69, 9.17) is 23.3 Å². The number of carbonyl (C=O) groups is 1. The van der Waals surface area contributed by atoms with Crippen molar-refractivity contribution in [3.63, 3.8) is 0 Å². The first kappa shape index (κ1) is 45.4. The zero-order chi connectivity index (χ0) is 44.3. The van der Waals surface area contributed by atoms with Crippen molar-refractivity contribution in [1.82, 2.24) is 9.99 Å². The molecule has 0 saturated heterocycles. The number of rotatable bonds is 22. The first-order valence-electron chi connectivity index (χ1n) is 21.8. The summed E-state index contributed by atoms with van der Waals surface area (Å²) in [6.45, 7) is 8.90. The number of aryl methyl sites for hydroxylation is 1. The number of amides is 1. The molecule has 326 valence electrons. The van der Waals surface area contributed by atoms with E-state index in [1.54, 1.807) is 14.2 Å². The van der Waals surface area contributed by atoms with Crippen molar-refractivity contribution in [2.75, 3.05) is 34.0 Å². The summed E-state index contributed by atoms with van der Waals surface area (Å²) in [4.78, 5) is 13.8. The van der Waals surface area contributed by atoms with Gasteiger partial charge in [-0.1, -0.05) is 109 Å². The highest BCUT2D eigenvalue weighted by Crippen LogP contribution is 2.48. The molecular formula is C53H58N3O6P. The highest BCUT2D eigenvalue weighted by Gasteiger charge is 2.40. The van der Waals surface area contributed by atoms with Gasteiger partial charge in [0.05, 0.1) is 39.9 Å². The molecule has 7 aromatic rings. The van der Waals surface area contributed by atoms with Crippen LogP contribution in [0.5, 0.6) is 11.5 Å². The van der Waals surface area contributed by atoms with Gasteiger partial charge in [0.1, 0.15) is 23.2 Å². The number of methoxy groups -OCH3 is 2. The van der Waals surface area contributed by atoms with Crippen LogP contribution < -0.4 is 14.8 Å². The van der Waals surface area contributed by atoms with Gasteiger partial charge in [0, 0.05) is 25.0 Å². The van der Waals surface area contributed by atoms with Crippen molar-refractivity contribution in [2.45, 2.75) is 77.2 Å². The van der Waals surface area contributed by atoms with Crippen molar-refractivity contribution in [3.8, 4) is 17.6 Å². The van der Waals surface area contributed by atoms with Crippen LogP contribution in [0.15, 0.2) is 133 Å². The average molecular weight is 864 g/mol. The fourth-order valence-electron chi connectivity index (χ4n) is 8.61. The predicted molar refractivity (Wildman–Crippen MR) is 254 cm³/mol. The fraction of sp³-hybridized carbons (Fsp3) is 0.321.